The summed E-state index contributed by atoms with van der Waals surface area (Å²) in [5.74, 6) is -2.61. The monoisotopic (exact) mass is 538 g/mol. The Bertz CT molecular complexity index is 1440. The second-order valence-corrected chi connectivity index (χ2v) is 10.2. The molecule has 6 rings (SSSR count). The third-order valence-corrected chi connectivity index (χ3v) is 7.72. The summed E-state index contributed by atoms with van der Waals surface area (Å²) in [4.78, 5) is 12.5. The lowest BCUT2D eigenvalue weighted by molar-refractivity contribution is -0.159. The van der Waals surface area contributed by atoms with Crippen LogP contribution in [0.5, 0.6) is 5.75 Å². The van der Waals surface area contributed by atoms with Crippen LogP contribution >= 0.6 is 0 Å². The first-order chi connectivity index (χ1) is 18.9. The van der Waals surface area contributed by atoms with Gasteiger partial charge in [-0.2, -0.15) is 0 Å². The molecule has 3 aromatic rings. The number of aromatic nitrogens is 2. The van der Waals surface area contributed by atoms with E-state index >= 15 is 0 Å². The molecule has 7 nitrogen and oxygen atoms in total. The summed E-state index contributed by atoms with van der Waals surface area (Å²) in [5, 5.41) is 4.57. The van der Waals surface area contributed by atoms with Crippen LogP contribution in [0, 0.1) is 24.4 Å². The third kappa shape index (κ3) is 4.56. The molecule has 4 heterocycles. The van der Waals surface area contributed by atoms with Crippen LogP contribution in [-0.4, -0.2) is 52.8 Å². The molecular weight excluding hydrogens is 509 g/mol. The predicted molar refractivity (Wildman–Crippen MR) is 139 cm³/mol. The van der Waals surface area contributed by atoms with Crippen molar-refractivity contribution < 1.29 is 27.5 Å². The fraction of sp³-hybridized carbons (Fsp3) is 0.379. The molecule has 0 N–H and O–H groups in total. The molecule has 1 spiro atoms. The number of methoxy groups -OCH3 is 1. The van der Waals surface area contributed by atoms with E-state index in [1.165, 1.54) is 0 Å². The van der Waals surface area contributed by atoms with Gasteiger partial charge in [0.1, 0.15) is 5.75 Å². The Kier molecular flexibility index (Phi) is 6.58. The maximum absolute atomic E-state index is 14.4. The summed E-state index contributed by atoms with van der Waals surface area (Å²) in [6, 6.07) is 7.51. The van der Waals surface area contributed by atoms with Gasteiger partial charge in [0.05, 0.1) is 44.1 Å². The van der Waals surface area contributed by atoms with E-state index in [9.17, 15) is 13.2 Å². The smallest absolute Gasteiger partial charge is 0.194 e. The van der Waals surface area contributed by atoms with Crippen LogP contribution < -0.4 is 4.74 Å². The molecule has 2 fully saturated rings. The SMILES string of the molecule is COc1cc(C=C2CCCN3C2=NOC2(CCOCC2)[C@@H]3c2cc(F)c(F)c(F)c2)ccc1-n1cnc(C)c1. The Hall–Kier alpha value is -3.79. The highest BCUT2D eigenvalue weighted by Gasteiger charge is 2.51. The molecule has 10 heteroatoms. The summed E-state index contributed by atoms with van der Waals surface area (Å²) >= 11 is 0. The second kappa shape index (κ2) is 10.1. The Labute approximate surface area is 224 Å². The minimum Gasteiger partial charge on any atom is -0.495 e. The van der Waals surface area contributed by atoms with Crippen LogP contribution in [0.3, 0.4) is 0 Å². The Balaban J connectivity index is 1.39. The molecule has 1 aromatic heterocycles. The van der Waals surface area contributed by atoms with E-state index in [0.717, 1.165) is 47.5 Å². The van der Waals surface area contributed by atoms with Gasteiger partial charge in [-0.25, -0.2) is 18.2 Å². The molecule has 0 unspecified atom stereocenters. The number of amidine groups is 1. The zero-order valence-electron chi connectivity index (χ0n) is 21.8. The number of nitrogens with zero attached hydrogens (tertiary/aromatic N) is 4. The predicted octanol–water partition coefficient (Wildman–Crippen LogP) is 5.72. The van der Waals surface area contributed by atoms with Gasteiger partial charge in [-0.1, -0.05) is 11.2 Å². The molecular formula is C29H29F3N4O3. The topological polar surface area (TPSA) is 61.1 Å². The molecule has 0 amide bonds. The average Bonchev–Trinajstić information content (AvgIpc) is 3.37. The van der Waals surface area contributed by atoms with Crippen molar-refractivity contribution in [2.24, 2.45) is 5.16 Å². The Morgan fingerprint density at radius 3 is 2.56 bits per heavy atom. The number of piperidine rings is 1. The first-order valence-electron chi connectivity index (χ1n) is 13.0. The van der Waals surface area contributed by atoms with E-state index in [0.29, 0.717) is 49.7 Å². The summed E-state index contributed by atoms with van der Waals surface area (Å²) in [6.07, 6.45) is 8.25. The van der Waals surface area contributed by atoms with Crippen molar-refractivity contribution in [2.45, 2.75) is 44.2 Å². The largest absolute Gasteiger partial charge is 0.495 e. The standard InChI is InChI=1S/C29H29F3N4O3/c1-18-16-35(17-33-18)24-6-5-19(13-25(24)37-2)12-20-4-3-9-36-27(21-14-22(30)26(32)23(31)15-21)29(39-34-28(20)36)7-10-38-11-8-29/h5-6,12-17,27H,3-4,7-11H2,1-2H3/t27-/m0/s1. The highest BCUT2D eigenvalue weighted by Crippen LogP contribution is 2.47. The third-order valence-electron chi connectivity index (χ3n) is 7.72. The Morgan fingerprint density at radius 1 is 1.10 bits per heavy atom. The lowest BCUT2D eigenvalue weighted by atomic mass is 9.79. The number of hydrogen-bond acceptors (Lipinski definition) is 6. The molecule has 204 valence electrons. The summed E-state index contributed by atoms with van der Waals surface area (Å²) in [7, 11) is 1.62. The number of fused-ring (bicyclic) bond motifs is 1. The van der Waals surface area contributed by atoms with Gasteiger partial charge in [-0.3, -0.25) is 0 Å². The number of oxime groups is 1. The molecule has 39 heavy (non-hydrogen) atoms. The van der Waals surface area contributed by atoms with Crippen LogP contribution in [0.2, 0.25) is 0 Å². The van der Waals surface area contributed by atoms with Gasteiger partial charge in [0.25, 0.3) is 0 Å². The van der Waals surface area contributed by atoms with Crippen molar-refractivity contribution in [1.82, 2.24) is 14.5 Å². The second-order valence-electron chi connectivity index (χ2n) is 10.2. The summed E-state index contributed by atoms with van der Waals surface area (Å²) in [6.45, 7) is 3.42. The molecule has 0 saturated carbocycles. The van der Waals surface area contributed by atoms with E-state index in [4.69, 9.17) is 14.3 Å². The number of hydrogen-bond donors (Lipinski definition) is 0. The minimum absolute atomic E-state index is 0.323. The quantitative estimate of drug-likeness (QED) is 0.398. The highest BCUT2D eigenvalue weighted by atomic mass is 19.2. The maximum Gasteiger partial charge on any atom is 0.194 e. The van der Waals surface area contributed by atoms with Crippen molar-refractivity contribution in [1.29, 1.82) is 0 Å². The molecule has 0 aliphatic carbocycles. The minimum atomic E-state index is -1.48. The lowest BCUT2D eigenvalue weighted by Crippen LogP contribution is -2.57. The molecule has 1 atom stereocenters. The van der Waals surface area contributed by atoms with Gasteiger partial charge >= 0.3 is 0 Å². The summed E-state index contributed by atoms with van der Waals surface area (Å²) in [5.41, 5.74) is 3.10. The van der Waals surface area contributed by atoms with E-state index in [2.05, 4.69) is 15.0 Å². The van der Waals surface area contributed by atoms with Gasteiger partial charge in [-0.05, 0) is 66.8 Å². The number of benzene rings is 2. The van der Waals surface area contributed by atoms with Crippen molar-refractivity contribution in [3.63, 3.8) is 0 Å². The zero-order chi connectivity index (χ0) is 27.1. The molecule has 2 saturated heterocycles. The van der Waals surface area contributed by atoms with Crippen LogP contribution in [0.1, 0.15) is 48.5 Å². The highest BCUT2D eigenvalue weighted by molar-refractivity contribution is 6.03. The average molecular weight is 539 g/mol. The fourth-order valence-electron chi connectivity index (χ4n) is 5.86. The normalized spacial score (nSPS) is 21.5. The first kappa shape index (κ1) is 25.5. The molecule has 0 radical (unpaired) electrons. The van der Waals surface area contributed by atoms with Crippen molar-refractivity contribution >= 4 is 11.9 Å². The van der Waals surface area contributed by atoms with Gasteiger partial charge in [0.15, 0.2) is 28.9 Å². The van der Waals surface area contributed by atoms with E-state index in [-0.39, 0.29) is 0 Å². The van der Waals surface area contributed by atoms with E-state index in [1.54, 1.807) is 13.4 Å². The summed E-state index contributed by atoms with van der Waals surface area (Å²) < 4.78 is 55.8. The van der Waals surface area contributed by atoms with Crippen LogP contribution in [0.15, 0.2) is 53.6 Å². The molecule has 2 aromatic carbocycles. The first-order valence-corrected chi connectivity index (χ1v) is 13.0. The van der Waals surface area contributed by atoms with Gasteiger partial charge < -0.3 is 23.8 Å². The fourth-order valence-corrected chi connectivity index (χ4v) is 5.86. The van der Waals surface area contributed by atoms with Crippen LogP contribution in [0.4, 0.5) is 13.2 Å². The zero-order valence-corrected chi connectivity index (χ0v) is 21.8. The molecule has 0 bridgehead atoms. The maximum atomic E-state index is 14.4. The number of halogens is 3. The van der Waals surface area contributed by atoms with Gasteiger partial charge in [0.2, 0.25) is 0 Å². The van der Waals surface area contributed by atoms with Crippen molar-refractivity contribution in [3.05, 3.63) is 82.7 Å². The number of ether oxygens (including phenoxy) is 2. The molecule has 3 aliphatic rings. The van der Waals surface area contributed by atoms with E-state index in [1.807, 2.05) is 42.0 Å². The molecule has 3 aliphatic heterocycles. The van der Waals surface area contributed by atoms with E-state index < -0.39 is 29.1 Å². The number of rotatable bonds is 4. The Morgan fingerprint density at radius 2 is 1.87 bits per heavy atom. The number of aryl methyl sites for hydroxylation is 1. The van der Waals surface area contributed by atoms with Crippen LogP contribution in [0.25, 0.3) is 11.8 Å². The van der Waals surface area contributed by atoms with Gasteiger partial charge in [0, 0.05) is 25.6 Å². The number of imidazole rings is 1. The van der Waals surface area contributed by atoms with Crippen molar-refractivity contribution in [3.8, 4) is 11.4 Å². The lowest BCUT2D eigenvalue weighted by Gasteiger charge is -2.51. The van der Waals surface area contributed by atoms with Gasteiger partial charge in [-0.15, -0.1) is 0 Å². The van der Waals surface area contributed by atoms with Crippen LogP contribution in [-0.2, 0) is 9.57 Å². The van der Waals surface area contributed by atoms with Crippen molar-refractivity contribution in [2.75, 3.05) is 26.9 Å².